The van der Waals surface area contributed by atoms with Crippen LogP contribution in [0.1, 0.15) is 11.3 Å². The maximum Gasteiger partial charge on any atom is 0.417 e. The van der Waals surface area contributed by atoms with Crippen molar-refractivity contribution < 1.29 is 26.1 Å². The number of alkyl halides is 3. The topological polar surface area (TPSA) is 78.1 Å². The summed E-state index contributed by atoms with van der Waals surface area (Å²) in [6.07, 6.45) is -0.912. The normalized spacial score (nSPS) is 15.4. The summed E-state index contributed by atoms with van der Waals surface area (Å²) in [6.45, 7) is 3.80. The minimum absolute atomic E-state index is 0.509. The van der Waals surface area contributed by atoms with E-state index in [2.05, 4.69) is 14.8 Å². The van der Waals surface area contributed by atoms with Crippen molar-refractivity contribution in [3.05, 3.63) is 64.0 Å². The molecule has 1 aromatic carbocycles. The predicted molar refractivity (Wildman–Crippen MR) is 122 cm³/mol. The molecule has 180 valence electrons. The van der Waals surface area contributed by atoms with E-state index in [1.807, 2.05) is 12.1 Å². The van der Waals surface area contributed by atoms with Gasteiger partial charge in [-0.3, -0.25) is 9.45 Å². The Morgan fingerprint density at radius 3 is 2.27 bits per heavy atom. The molecule has 1 aliphatic rings. The number of fused-ring (bicyclic) bond motifs is 1. The highest BCUT2D eigenvalue weighted by atomic mass is 35.5. The summed E-state index contributed by atoms with van der Waals surface area (Å²) >= 11 is 12.2. The molecule has 1 saturated heterocycles. The number of nitrogens with zero attached hydrogens (tertiary/aromatic N) is 4. The molecule has 7 nitrogen and oxygen atoms in total. The Morgan fingerprint density at radius 1 is 1.06 bits per heavy atom. The number of anilines is 1. The maximum atomic E-state index is 12.9. The number of halogens is 5. The highest BCUT2D eigenvalue weighted by molar-refractivity contribution is 7.85. The molecule has 1 fully saturated rings. The first-order chi connectivity index (χ1) is 15.3. The highest BCUT2D eigenvalue weighted by Crippen LogP contribution is 2.30. The van der Waals surface area contributed by atoms with Crippen molar-refractivity contribution in [2.24, 2.45) is 0 Å². The van der Waals surface area contributed by atoms with Crippen LogP contribution in [-0.2, 0) is 22.8 Å². The van der Waals surface area contributed by atoms with Gasteiger partial charge in [-0.05, 0) is 30.3 Å². The first-order valence-corrected chi connectivity index (χ1v) is 12.3. The molecule has 0 radical (unpaired) electrons. The second-order valence-electron chi connectivity index (χ2n) is 7.51. The summed E-state index contributed by atoms with van der Waals surface area (Å²) < 4.78 is 65.9. The molecule has 3 heterocycles. The Morgan fingerprint density at radius 2 is 1.70 bits per heavy atom. The molecule has 4 rings (SSSR count). The summed E-state index contributed by atoms with van der Waals surface area (Å²) in [4.78, 5) is 8.87. The molecule has 0 amide bonds. The Balaban J connectivity index is 0.000000555. The van der Waals surface area contributed by atoms with Crippen LogP contribution >= 0.6 is 23.2 Å². The predicted octanol–water partition coefficient (Wildman–Crippen LogP) is 4.49. The molecule has 33 heavy (non-hydrogen) atoms. The minimum atomic E-state index is -4.36. The third-order valence-corrected chi connectivity index (χ3v) is 5.37. The van der Waals surface area contributed by atoms with Gasteiger partial charge in [0, 0.05) is 50.1 Å². The quantitative estimate of drug-likeness (QED) is 0.508. The van der Waals surface area contributed by atoms with Gasteiger partial charge in [-0.1, -0.05) is 23.2 Å². The number of rotatable bonds is 3. The molecular weight excluding hydrogens is 504 g/mol. The molecular formula is C20H21Cl2F3N4O3S. The van der Waals surface area contributed by atoms with Crippen molar-refractivity contribution in [2.45, 2.75) is 12.7 Å². The van der Waals surface area contributed by atoms with Crippen molar-refractivity contribution in [3.63, 3.8) is 0 Å². The van der Waals surface area contributed by atoms with Crippen LogP contribution in [0.25, 0.3) is 5.65 Å². The number of hydrogen-bond donors (Lipinski definition) is 1. The van der Waals surface area contributed by atoms with E-state index in [4.69, 9.17) is 27.8 Å². The first-order valence-electron chi connectivity index (χ1n) is 9.69. The van der Waals surface area contributed by atoms with Gasteiger partial charge in [0.15, 0.2) is 0 Å². The molecule has 1 aliphatic heterocycles. The second kappa shape index (κ2) is 10.1. The third-order valence-electron chi connectivity index (χ3n) is 4.84. The zero-order valence-electron chi connectivity index (χ0n) is 17.4. The zero-order chi connectivity index (χ0) is 24.4. The molecule has 0 unspecified atom stereocenters. The summed E-state index contributed by atoms with van der Waals surface area (Å²) in [5.41, 5.74) is 1.53. The van der Waals surface area contributed by atoms with E-state index in [9.17, 15) is 21.6 Å². The van der Waals surface area contributed by atoms with Gasteiger partial charge in [0.1, 0.15) is 5.65 Å². The van der Waals surface area contributed by atoms with Gasteiger partial charge in [-0.15, -0.1) is 0 Å². The van der Waals surface area contributed by atoms with Crippen molar-refractivity contribution in [1.82, 2.24) is 14.3 Å². The van der Waals surface area contributed by atoms with Crippen molar-refractivity contribution >= 4 is 44.7 Å². The smallest absolute Gasteiger partial charge is 0.368 e. The van der Waals surface area contributed by atoms with E-state index in [1.165, 1.54) is 10.5 Å². The molecule has 13 heteroatoms. The largest absolute Gasteiger partial charge is 0.417 e. The average Bonchev–Trinajstić information content (AvgIpc) is 3.08. The Hall–Kier alpha value is -2.05. The molecule has 0 atom stereocenters. The van der Waals surface area contributed by atoms with E-state index in [-0.39, 0.29) is 0 Å². The SMILES string of the molecule is CS(=O)(=O)O.FC(F)(F)c1ccc2nc(CN3CCN(c4ccc(Cl)cc4Cl)CC3)cn2c1. The Bertz CT molecular complexity index is 1220. The summed E-state index contributed by atoms with van der Waals surface area (Å²) in [5.74, 6) is 0. The highest BCUT2D eigenvalue weighted by Gasteiger charge is 2.31. The van der Waals surface area contributed by atoms with Crippen LogP contribution in [0.15, 0.2) is 42.7 Å². The lowest BCUT2D eigenvalue weighted by molar-refractivity contribution is -0.137. The van der Waals surface area contributed by atoms with E-state index in [0.717, 1.165) is 49.8 Å². The van der Waals surface area contributed by atoms with Crippen molar-refractivity contribution in [3.8, 4) is 0 Å². The van der Waals surface area contributed by atoms with Gasteiger partial charge in [-0.2, -0.15) is 21.6 Å². The van der Waals surface area contributed by atoms with Crippen LogP contribution < -0.4 is 4.90 Å². The molecule has 1 N–H and O–H groups in total. The van der Waals surface area contributed by atoms with E-state index in [1.54, 1.807) is 12.3 Å². The molecule has 0 bridgehead atoms. The third kappa shape index (κ3) is 7.47. The van der Waals surface area contributed by atoms with Gasteiger partial charge >= 0.3 is 6.18 Å². The van der Waals surface area contributed by atoms with Gasteiger partial charge < -0.3 is 9.30 Å². The van der Waals surface area contributed by atoms with Gasteiger partial charge in [-0.25, -0.2) is 4.98 Å². The van der Waals surface area contributed by atoms with Crippen molar-refractivity contribution in [1.29, 1.82) is 0 Å². The van der Waals surface area contributed by atoms with Gasteiger partial charge in [0.2, 0.25) is 0 Å². The van der Waals surface area contributed by atoms with Crippen LogP contribution in [-0.4, -0.2) is 59.7 Å². The summed E-state index contributed by atoms with van der Waals surface area (Å²) in [6, 6.07) is 7.92. The Kier molecular flexibility index (Phi) is 7.80. The fraction of sp³-hybridized carbons (Fsp3) is 0.350. The zero-order valence-corrected chi connectivity index (χ0v) is 19.8. The molecule has 0 saturated carbocycles. The lowest BCUT2D eigenvalue weighted by Crippen LogP contribution is -2.46. The van der Waals surface area contributed by atoms with Crippen molar-refractivity contribution in [2.75, 3.05) is 37.3 Å². The Labute approximate surface area is 199 Å². The lowest BCUT2D eigenvalue weighted by atomic mass is 10.2. The summed E-state index contributed by atoms with van der Waals surface area (Å²) in [5, 5.41) is 1.23. The van der Waals surface area contributed by atoms with Gasteiger partial charge in [0.25, 0.3) is 10.1 Å². The first kappa shape index (κ1) is 25.6. The standard InChI is InChI=1S/C19H17Cl2F3N4.CH4O3S/c20-14-2-3-17(16(21)9-14)27-7-5-26(6-8-27)11-15-12-28-10-13(19(22,23)24)1-4-18(28)25-15;1-5(2,3)4/h1-4,9-10,12H,5-8,11H2;1H3,(H,2,3,4). The van der Waals surface area contributed by atoms with E-state index < -0.39 is 21.9 Å². The van der Waals surface area contributed by atoms with E-state index >= 15 is 0 Å². The lowest BCUT2D eigenvalue weighted by Gasteiger charge is -2.36. The maximum absolute atomic E-state index is 12.9. The molecule has 2 aromatic heterocycles. The van der Waals surface area contributed by atoms with Crippen LogP contribution in [0.4, 0.5) is 18.9 Å². The van der Waals surface area contributed by atoms with E-state index in [0.29, 0.717) is 28.5 Å². The summed E-state index contributed by atoms with van der Waals surface area (Å²) in [7, 11) is -3.67. The van der Waals surface area contributed by atoms with Crippen LogP contribution in [0.2, 0.25) is 10.0 Å². The minimum Gasteiger partial charge on any atom is -0.368 e. The monoisotopic (exact) mass is 524 g/mol. The van der Waals surface area contributed by atoms with Crippen LogP contribution in [0.3, 0.4) is 0 Å². The number of imidazole rings is 1. The van der Waals surface area contributed by atoms with Crippen LogP contribution in [0.5, 0.6) is 0 Å². The second-order valence-corrected chi connectivity index (χ2v) is 9.81. The molecule has 0 spiro atoms. The number of hydrogen-bond acceptors (Lipinski definition) is 5. The number of benzene rings is 1. The molecule has 0 aliphatic carbocycles. The number of aromatic nitrogens is 2. The molecule has 3 aromatic rings. The fourth-order valence-corrected chi connectivity index (χ4v) is 3.93. The number of pyridine rings is 1. The number of piperazine rings is 1. The average molecular weight is 525 g/mol. The van der Waals surface area contributed by atoms with Gasteiger partial charge in [0.05, 0.1) is 28.2 Å². The fourth-order valence-electron chi connectivity index (χ4n) is 3.40. The van der Waals surface area contributed by atoms with Crippen LogP contribution in [0, 0.1) is 0 Å².